The fourth-order valence-electron chi connectivity index (χ4n) is 2.33. The van der Waals surface area contributed by atoms with E-state index >= 15 is 0 Å². The van der Waals surface area contributed by atoms with Gasteiger partial charge in [-0.3, -0.25) is 9.59 Å². The van der Waals surface area contributed by atoms with Crippen molar-refractivity contribution >= 4 is 27.3 Å². The predicted octanol–water partition coefficient (Wildman–Crippen LogP) is 2.79. The number of amides is 2. The van der Waals surface area contributed by atoms with Crippen LogP contribution < -0.4 is 10.6 Å². The highest BCUT2D eigenvalue weighted by Gasteiger charge is 2.15. The molecule has 0 unspecified atom stereocenters. The molecule has 2 aromatic rings. The number of hydrogen-bond donors (Lipinski definition) is 2. The number of carbonyl (C=O) groups is 2. The average Bonchev–Trinajstić information content (AvgIpc) is 2.54. The van der Waals surface area contributed by atoms with Crippen LogP contribution in [0.5, 0.6) is 0 Å². The Balaban J connectivity index is 2.19. The smallest absolute Gasteiger partial charge is 0.255 e. The molecule has 0 heterocycles. The summed E-state index contributed by atoms with van der Waals surface area (Å²) in [7, 11) is -3.40. The molecule has 0 fully saturated rings. The third-order valence-corrected chi connectivity index (χ3v) is 4.82. The number of aryl methyl sites for hydroxylation is 1. The van der Waals surface area contributed by atoms with Gasteiger partial charge in [0.15, 0.2) is 9.84 Å². The highest BCUT2D eigenvalue weighted by Crippen LogP contribution is 2.18. The minimum atomic E-state index is -3.40. The Kier molecular flexibility index (Phi) is 5.82. The zero-order valence-corrected chi connectivity index (χ0v) is 16.0. The van der Waals surface area contributed by atoms with Crippen LogP contribution in [0.15, 0.2) is 47.4 Å². The van der Waals surface area contributed by atoms with Crippen LogP contribution in [-0.2, 0) is 9.84 Å². The van der Waals surface area contributed by atoms with Crippen molar-refractivity contribution in [1.29, 1.82) is 0 Å². The molecule has 7 heteroatoms. The molecule has 0 aromatic heterocycles. The van der Waals surface area contributed by atoms with Crippen molar-refractivity contribution in [3.63, 3.8) is 0 Å². The Bertz CT molecular complexity index is 933. The molecule has 0 spiro atoms. The first kappa shape index (κ1) is 19.7. The topological polar surface area (TPSA) is 92.3 Å². The molecule has 0 aliphatic carbocycles. The van der Waals surface area contributed by atoms with Crippen molar-refractivity contribution in [2.75, 3.05) is 11.6 Å². The SMILES string of the molecule is Cc1ccc(S(C)(=O)=O)cc1C(=O)Nc1ccc(C(=O)NC(C)C)cc1. The first-order valence-corrected chi connectivity index (χ1v) is 10.00. The number of carbonyl (C=O) groups excluding carboxylic acids is 2. The number of nitrogens with one attached hydrogen (secondary N) is 2. The van der Waals surface area contributed by atoms with Gasteiger partial charge in [0.05, 0.1) is 4.90 Å². The molecule has 0 atom stereocenters. The number of rotatable bonds is 5. The predicted molar refractivity (Wildman–Crippen MR) is 101 cm³/mol. The van der Waals surface area contributed by atoms with E-state index in [0.717, 1.165) is 6.26 Å². The summed E-state index contributed by atoms with van der Waals surface area (Å²) in [5, 5.41) is 5.51. The first-order chi connectivity index (χ1) is 12.1. The molecule has 2 rings (SSSR count). The van der Waals surface area contributed by atoms with Crippen molar-refractivity contribution in [2.45, 2.75) is 31.7 Å². The van der Waals surface area contributed by atoms with Gasteiger partial charge in [0.1, 0.15) is 0 Å². The van der Waals surface area contributed by atoms with E-state index in [9.17, 15) is 18.0 Å². The van der Waals surface area contributed by atoms with Crippen molar-refractivity contribution in [3.8, 4) is 0 Å². The Morgan fingerprint density at radius 1 is 0.962 bits per heavy atom. The summed E-state index contributed by atoms with van der Waals surface area (Å²) in [4.78, 5) is 24.5. The van der Waals surface area contributed by atoms with E-state index in [1.54, 1.807) is 37.3 Å². The van der Waals surface area contributed by atoms with Crippen LogP contribution in [-0.4, -0.2) is 32.5 Å². The third kappa shape index (κ3) is 4.92. The second kappa shape index (κ2) is 7.70. The van der Waals surface area contributed by atoms with E-state index in [4.69, 9.17) is 0 Å². The average molecular weight is 374 g/mol. The molecule has 0 bridgehead atoms. The molecule has 0 saturated carbocycles. The summed E-state index contributed by atoms with van der Waals surface area (Å²) < 4.78 is 23.4. The molecule has 2 aromatic carbocycles. The van der Waals surface area contributed by atoms with Crippen LogP contribution in [0.25, 0.3) is 0 Å². The maximum absolute atomic E-state index is 12.5. The van der Waals surface area contributed by atoms with Crippen LogP contribution in [0, 0.1) is 6.92 Å². The minimum absolute atomic E-state index is 0.0342. The molecule has 0 radical (unpaired) electrons. The fourth-order valence-corrected chi connectivity index (χ4v) is 2.97. The lowest BCUT2D eigenvalue weighted by Crippen LogP contribution is -2.30. The van der Waals surface area contributed by atoms with Crippen molar-refractivity contribution < 1.29 is 18.0 Å². The molecule has 2 amide bonds. The number of benzene rings is 2. The standard InChI is InChI=1S/C19H22N2O4S/c1-12(2)20-18(22)14-6-8-15(9-7-14)21-19(23)17-11-16(26(4,24)25)10-5-13(17)3/h5-12H,1-4H3,(H,20,22)(H,21,23). The summed E-state index contributed by atoms with van der Waals surface area (Å²) in [5.74, 6) is -0.595. The first-order valence-electron chi connectivity index (χ1n) is 8.11. The second-order valence-electron chi connectivity index (χ2n) is 6.41. The van der Waals surface area contributed by atoms with E-state index in [2.05, 4.69) is 10.6 Å². The van der Waals surface area contributed by atoms with Crippen LogP contribution in [0.1, 0.15) is 40.1 Å². The molecule has 6 nitrogen and oxygen atoms in total. The van der Waals surface area contributed by atoms with E-state index in [-0.39, 0.29) is 22.4 Å². The Labute approximate surface area is 153 Å². The zero-order valence-electron chi connectivity index (χ0n) is 15.2. The van der Waals surface area contributed by atoms with Gasteiger partial charge in [-0.15, -0.1) is 0 Å². The number of hydrogen-bond acceptors (Lipinski definition) is 4. The van der Waals surface area contributed by atoms with E-state index in [1.165, 1.54) is 12.1 Å². The number of sulfone groups is 1. The summed E-state index contributed by atoms with van der Waals surface area (Å²) in [6.45, 7) is 5.49. The molecule has 0 saturated heterocycles. The molecule has 26 heavy (non-hydrogen) atoms. The monoisotopic (exact) mass is 374 g/mol. The van der Waals surface area contributed by atoms with Crippen molar-refractivity contribution in [2.24, 2.45) is 0 Å². The number of anilines is 1. The molecule has 138 valence electrons. The quantitative estimate of drug-likeness (QED) is 0.842. The molecular weight excluding hydrogens is 352 g/mol. The summed E-state index contributed by atoms with van der Waals surface area (Å²) in [5.41, 5.74) is 1.96. The van der Waals surface area contributed by atoms with Gasteiger partial charge in [0, 0.05) is 29.1 Å². The molecular formula is C19H22N2O4S. The summed E-state index contributed by atoms with van der Waals surface area (Å²) in [6, 6.07) is 11.0. The van der Waals surface area contributed by atoms with Gasteiger partial charge in [-0.05, 0) is 62.7 Å². The Hall–Kier alpha value is -2.67. The van der Waals surface area contributed by atoms with Gasteiger partial charge in [0.2, 0.25) is 0 Å². The lowest BCUT2D eigenvalue weighted by Gasteiger charge is -2.11. The molecule has 0 aliphatic heterocycles. The minimum Gasteiger partial charge on any atom is -0.350 e. The largest absolute Gasteiger partial charge is 0.350 e. The summed E-state index contributed by atoms with van der Waals surface area (Å²) in [6.07, 6.45) is 1.10. The maximum atomic E-state index is 12.5. The normalized spacial score (nSPS) is 11.3. The van der Waals surface area contributed by atoms with Crippen LogP contribution in [0.2, 0.25) is 0 Å². The van der Waals surface area contributed by atoms with Gasteiger partial charge < -0.3 is 10.6 Å². The van der Waals surface area contributed by atoms with Crippen LogP contribution in [0.3, 0.4) is 0 Å². The van der Waals surface area contributed by atoms with E-state index in [1.807, 2.05) is 13.8 Å². The fraction of sp³-hybridized carbons (Fsp3) is 0.263. The Morgan fingerprint density at radius 2 is 1.58 bits per heavy atom. The second-order valence-corrected chi connectivity index (χ2v) is 8.42. The highest BCUT2D eigenvalue weighted by molar-refractivity contribution is 7.90. The third-order valence-electron chi connectivity index (χ3n) is 3.71. The van der Waals surface area contributed by atoms with Gasteiger partial charge in [-0.25, -0.2) is 8.42 Å². The lowest BCUT2D eigenvalue weighted by molar-refractivity contribution is 0.0942. The van der Waals surface area contributed by atoms with Crippen LogP contribution in [0.4, 0.5) is 5.69 Å². The molecule has 2 N–H and O–H groups in total. The lowest BCUT2D eigenvalue weighted by atomic mass is 10.1. The zero-order chi connectivity index (χ0) is 19.5. The van der Waals surface area contributed by atoms with E-state index in [0.29, 0.717) is 16.8 Å². The van der Waals surface area contributed by atoms with Gasteiger partial charge in [-0.2, -0.15) is 0 Å². The van der Waals surface area contributed by atoms with Crippen molar-refractivity contribution in [3.05, 3.63) is 59.2 Å². The van der Waals surface area contributed by atoms with Gasteiger partial charge in [-0.1, -0.05) is 6.07 Å². The Morgan fingerprint density at radius 3 is 2.12 bits per heavy atom. The van der Waals surface area contributed by atoms with Gasteiger partial charge in [0.25, 0.3) is 11.8 Å². The maximum Gasteiger partial charge on any atom is 0.255 e. The van der Waals surface area contributed by atoms with Crippen molar-refractivity contribution in [1.82, 2.24) is 5.32 Å². The summed E-state index contributed by atoms with van der Waals surface area (Å²) >= 11 is 0. The van der Waals surface area contributed by atoms with Gasteiger partial charge >= 0.3 is 0 Å². The molecule has 0 aliphatic rings. The highest BCUT2D eigenvalue weighted by atomic mass is 32.2. The van der Waals surface area contributed by atoms with E-state index < -0.39 is 15.7 Å². The van der Waals surface area contributed by atoms with Crippen LogP contribution >= 0.6 is 0 Å².